The fourth-order valence-electron chi connectivity index (χ4n) is 2.59. The molecule has 0 saturated heterocycles. The van der Waals surface area contributed by atoms with E-state index in [-0.39, 0.29) is 21.5 Å². The molecule has 4 rings (SSSR count). The minimum atomic E-state index is -4.49. The second-order valence-electron chi connectivity index (χ2n) is 6.06. The van der Waals surface area contributed by atoms with Gasteiger partial charge in [-0.05, 0) is 12.1 Å². The summed E-state index contributed by atoms with van der Waals surface area (Å²) in [5.41, 5.74) is 0.638. The Morgan fingerprint density at radius 1 is 1.00 bits per heavy atom. The average Bonchev–Trinajstić information content (AvgIpc) is 3.25. The van der Waals surface area contributed by atoms with Gasteiger partial charge in [-0.1, -0.05) is 11.6 Å². The molecular weight excluding hydrogens is 491 g/mol. The van der Waals surface area contributed by atoms with E-state index in [4.69, 9.17) is 16.3 Å². The summed E-state index contributed by atoms with van der Waals surface area (Å²) in [5, 5.41) is 6.97. The van der Waals surface area contributed by atoms with Gasteiger partial charge in [-0.25, -0.2) is 26.6 Å². The summed E-state index contributed by atoms with van der Waals surface area (Å²) in [5.74, 6) is -4.27. The Balaban J connectivity index is 1.72. The summed E-state index contributed by atoms with van der Waals surface area (Å²) in [7, 11) is -4.49. The van der Waals surface area contributed by atoms with Gasteiger partial charge in [-0.15, -0.1) is 0 Å². The third kappa shape index (κ3) is 4.49. The van der Waals surface area contributed by atoms with Crippen LogP contribution in [0, 0.1) is 17.5 Å². The third-order valence-corrected chi connectivity index (χ3v) is 6.35. The number of rotatable bonds is 6. The van der Waals surface area contributed by atoms with Gasteiger partial charge >= 0.3 is 0 Å². The van der Waals surface area contributed by atoms with Crippen molar-refractivity contribution >= 4 is 38.3 Å². The Hall–Kier alpha value is -3.29. The Morgan fingerprint density at radius 2 is 1.78 bits per heavy atom. The van der Waals surface area contributed by atoms with Crippen LogP contribution in [-0.4, -0.2) is 28.0 Å². The molecule has 2 aromatic heterocycles. The monoisotopic (exact) mass is 499 g/mol. The van der Waals surface area contributed by atoms with Crippen LogP contribution >= 0.6 is 23.1 Å². The van der Waals surface area contributed by atoms with Gasteiger partial charge in [0.1, 0.15) is 28.6 Å². The average molecular weight is 500 g/mol. The van der Waals surface area contributed by atoms with E-state index in [2.05, 4.69) is 19.6 Å². The molecule has 164 valence electrons. The predicted molar refractivity (Wildman–Crippen MR) is 110 cm³/mol. The zero-order valence-corrected chi connectivity index (χ0v) is 17.8. The normalized spacial score (nSPS) is 11.4. The van der Waals surface area contributed by atoms with Gasteiger partial charge in [0.25, 0.3) is 10.0 Å². The molecule has 1 N–H and O–H groups in total. The summed E-state index contributed by atoms with van der Waals surface area (Å²) >= 11 is 6.55. The highest BCUT2D eigenvalue weighted by Crippen LogP contribution is 2.38. The van der Waals surface area contributed by atoms with Crippen molar-refractivity contribution in [1.29, 1.82) is 0 Å². The third-order valence-electron chi connectivity index (χ3n) is 4.00. The maximum Gasteiger partial charge on any atom is 0.266 e. The molecule has 0 saturated carbocycles. The van der Waals surface area contributed by atoms with Gasteiger partial charge in [0, 0.05) is 40.9 Å². The summed E-state index contributed by atoms with van der Waals surface area (Å²) in [6.45, 7) is 0. The maximum absolute atomic E-state index is 14.7. The summed E-state index contributed by atoms with van der Waals surface area (Å²) in [6, 6.07) is 4.60. The molecule has 32 heavy (non-hydrogen) atoms. The quantitative estimate of drug-likeness (QED) is 0.411. The zero-order chi connectivity index (χ0) is 22.9. The van der Waals surface area contributed by atoms with Gasteiger partial charge in [-0.3, -0.25) is 4.72 Å². The predicted octanol–water partition coefficient (Wildman–Crippen LogP) is 4.66. The molecule has 0 amide bonds. The van der Waals surface area contributed by atoms with Crippen molar-refractivity contribution in [2.75, 3.05) is 4.72 Å². The largest absolute Gasteiger partial charge is 0.453 e. The van der Waals surface area contributed by atoms with E-state index in [1.54, 1.807) is 0 Å². The van der Waals surface area contributed by atoms with Gasteiger partial charge in [-0.2, -0.15) is 14.6 Å². The minimum absolute atomic E-state index is 0.127. The molecule has 0 aliphatic rings. The molecule has 0 aliphatic carbocycles. The molecule has 0 bridgehead atoms. The standard InChI is InChI=1S/C18H9ClF3N5O3S2/c19-11-3-10(9-1-2-24-25-7-9)15(4-12(11)20)30-16-5-14(22)17(6-13(16)21)32(28,29)27-18-23-8-26-31-18/h1-8H,(H,23,26,27). The summed E-state index contributed by atoms with van der Waals surface area (Å²) < 4.78 is 79.1. The van der Waals surface area contributed by atoms with Crippen molar-refractivity contribution in [1.82, 2.24) is 19.6 Å². The number of aromatic nitrogens is 4. The van der Waals surface area contributed by atoms with Crippen LogP contribution in [0.2, 0.25) is 5.02 Å². The van der Waals surface area contributed by atoms with Crippen molar-refractivity contribution in [2.24, 2.45) is 0 Å². The zero-order valence-electron chi connectivity index (χ0n) is 15.5. The first kappa shape index (κ1) is 21.9. The van der Waals surface area contributed by atoms with Crippen LogP contribution in [0.4, 0.5) is 18.3 Å². The molecule has 0 aliphatic heterocycles. The van der Waals surface area contributed by atoms with Crippen LogP contribution < -0.4 is 9.46 Å². The van der Waals surface area contributed by atoms with E-state index in [0.29, 0.717) is 29.2 Å². The molecule has 0 spiro atoms. The Bertz CT molecular complexity index is 1390. The van der Waals surface area contributed by atoms with Crippen LogP contribution in [0.5, 0.6) is 11.5 Å². The highest BCUT2D eigenvalue weighted by molar-refractivity contribution is 7.93. The topological polar surface area (TPSA) is 107 Å². The first-order chi connectivity index (χ1) is 15.2. The molecule has 14 heteroatoms. The molecule has 0 radical (unpaired) electrons. The number of sulfonamides is 1. The molecular formula is C18H9ClF3N5O3S2. The molecule has 4 aromatic rings. The van der Waals surface area contributed by atoms with Crippen LogP contribution in [0.1, 0.15) is 0 Å². The first-order valence-electron chi connectivity index (χ1n) is 8.47. The fourth-order valence-corrected chi connectivity index (χ4v) is 4.49. The van der Waals surface area contributed by atoms with Gasteiger partial charge < -0.3 is 4.74 Å². The van der Waals surface area contributed by atoms with E-state index < -0.39 is 38.1 Å². The number of anilines is 1. The molecule has 0 fully saturated rings. The molecule has 0 unspecified atom stereocenters. The van der Waals surface area contributed by atoms with E-state index in [1.165, 1.54) is 24.5 Å². The van der Waals surface area contributed by atoms with Crippen molar-refractivity contribution in [2.45, 2.75) is 4.90 Å². The number of ether oxygens (including phenoxy) is 1. The number of benzene rings is 2. The highest BCUT2D eigenvalue weighted by atomic mass is 35.5. The van der Waals surface area contributed by atoms with E-state index in [0.717, 1.165) is 12.4 Å². The first-order valence-corrected chi connectivity index (χ1v) is 11.1. The highest BCUT2D eigenvalue weighted by Gasteiger charge is 2.24. The molecule has 2 heterocycles. The van der Waals surface area contributed by atoms with Gasteiger partial charge in [0.05, 0.1) is 17.4 Å². The van der Waals surface area contributed by atoms with Crippen molar-refractivity contribution in [3.8, 4) is 22.6 Å². The maximum atomic E-state index is 14.7. The van der Waals surface area contributed by atoms with E-state index in [1.807, 2.05) is 4.72 Å². The Kier molecular flexibility index (Phi) is 5.95. The second kappa shape index (κ2) is 8.68. The summed E-state index contributed by atoms with van der Waals surface area (Å²) in [6.07, 6.45) is 3.79. The second-order valence-corrected chi connectivity index (χ2v) is 8.90. The van der Waals surface area contributed by atoms with E-state index in [9.17, 15) is 21.6 Å². The lowest BCUT2D eigenvalue weighted by Crippen LogP contribution is -2.15. The Labute approximate surface area is 187 Å². The fraction of sp³-hybridized carbons (Fsp3) is 0. The van der Waals surface area contributed by atoms with E-state index >= 15 is 0 Å². The van der Waals surface area contributed by atoms with Crippen LogP contribution in [0.15, 0.2) is 53.9 Å². The van der Waals surface area contributed by atoms with Gasteiger partial charge in [0.15, 0.2) is 11.6 Å². The number of hydrogen-bond acceptors (Lipinski definition) is 8. The lowest BCUT2D eigenvalue weighted by Gasteiger charge is -2.14. The minimum Gasteiger partial charge on any atom is -0.453 e. The molecule has 0 atom stereocenters. The van der Waals surface area contributed by atoms with Crippen LogP contribution in [0.25, 0.3) is 11.1 Å². The van der Waals surface area contributed by atoms with Crippen LogP contribution in [0.3, 0.4) is 0 Å². The van der Waals surface area contributed by atoms with Crippen molar-refractivity contribution in [3.63, 3.8) is 0 Å². The Morgan fingerprint density at radius 3 is 2.47 bits per heavy atom. The SMILES string of the molecule is O=S(=O)(Nc1ncns1)c1cc(F)c(Oc2cc(F)c(Cl)cc2-c2ccnnc2)cc1F. The summed E-state index contributed by atoms with van der Waals surface area (Å²) in [4.78, 5) is 2.65. The van der Waals surface area contributed by atoms with Crippen LogP contribution in [-0.2, 0) is 10.0 Å². The molecule has 2 aromatic carbocycles. The van der Waals surface area contributed by atoms with Crippen molar-refractivity contribution < 1.29 is 26.3 Å². The number of halogens is 4. The number of nitrogens with zero attached hydrogens (tertiary/aromatic N) is 4. The lowest BCUT2D eigenvalue weighted by molar-refractivity contribution is 0.430. The molecule has 8 nitrogen and oxygen atoms in total. The van der Waals surface area contributed by atoms with Crippen molar-refractivity contribution in [3.05, 3.63) is 71.5 Å². The number of hydrogen-bond donors (Lipinski definition) is 1. The van der Waals surface area contributed by atoms with Gasteiger partial charge in [0.2, 0.25) is 5.13 Å². The lowest BCUT2D eigenvalue weighted by atomic mass is 10.1. The number of nitrogens with one attached hydrogen (secondary N) is 1. The smallest absolute Gasteiger partial charge is 0.266 e.